The van der Waals surface area contributed by atoms with Crippen LogP contribution < -0.4 is 5.32 Å². The van der Waals surface area contributed by atoms with Crippen LogP contribution in [0.1, 0.15) is 64.0 Å². The molecule has 0 spiro atoms. The minimum absolute atomic E-state index is 0.233. The Hall–Kier alpha value is -0.530. The van der Waals surface area contributed by atoms with E-state index in [0.717, 1.165) is 19.0 Å². The van der Waals surface area contributed by atoms with Crippen molar-refractivity contribution in [3.63, 3.8) is 0 Å². The third-order valence-electron chi connectivity index (χ3n) is 4.85. The maximum Gasteiger partial charge on any atom is 0.0292 e. The highest BCUT2D eigenvalue weighted by molar-refractivity contribution is 6.18. The Bertz CT molecular complexity index is 424. The summed E-state index contributed by atoms with van der Waals surface area (Å²) < 4.78 is 0. The maximum absolute atomic E-state index is 6.25. The Morgan fingerprint density at radius 3 is 2.19 bits per heavy atom. The number of benzene rings is 1. The first-order valence-electron chi connectivity index (χ1n) is 8.31. The van der Waals surface area contributed by atoms with Gasteiger partial charge in [0.15, 0.2) is 0 Å². The summed E-state index contributed by atoms with van der Waals surface area (Å²) in [5.74, 6) is 0.795. The average molecular weight is 308 g/mol. The molecule has 2 heteroatoms. The third-order valence-corrected chi connectivity index (χ3v) is 5.41. The van der Waals surface area contributed by atoms with Crippen molar-refractivity contribution in [2.24, 2.45) is 5.41 Å². The number of hydrogen-bond acceptors (Lipinski definition) is 1. The Balaban J connectivity index is 1.85. The fourth-order valence-electron chi connectivity index (χ4n) is 3.25. The molecule has 0 heterocycles. The van der Waals surface area contributed by atoms with E-state index in [0.29, 0.717) is 5.41 Å². The number of nitrogens with one attached hydrogen (secondary N) is 1. The Labute approximate surface area is 135 Å². The summed E-state index contributed by atoms with van der Waals surface area (Å²) in [6.45, 7) is 8.77. The lowest BCUT2D eigenvalue weighted by atomic mass is 9.75. The molecular formula is C19H30ClN. The standard InChI is InChI=1S/C19H30ClN/c1-18(2,3)17-9-7-16(8-10-17)13-21-15-19(14-20)11-5-4-6-12-19/h7-10,21H,4-6,11-15H2,1-3H3. The monoisotopic (exact) mass is 307 g/mol. The van der Waals surface area contributed by atoms with Crippen LogP contribution in [0.3, 0.4) is 0 Å². The lowest BCUT2D eigenvalue weighted by Gasteiger charge is -2.35. The van der Waals surface area contributed by atoms with Crippen molar-refractivity contribution in [1.82, 2.24) is 5.32 Å². The SMILES string of the molecule is CC(C)(C)c1ccc(CNCC2(CCl)CCCCC2)cc1. The highest BCUT2D eigenvalue weighted by Crippen LogP contribution is 2.36. The third kappa shape index (κ3) is 4.72. The molecule has 1 aliphatic carbocycles. The Morgan fingerprint density at radius 2 is 1.67 bits per heavy atom. The second-order valence-corrected chi connectivity index (χ2v) is 8.01. The van der Waals surface area contributed by atoms with Gasteiger partial charge in [0.1, 0.15) is 0 Å². The van der Waals surface area contributed by atoms with Gasteiger partial charge in [-0.05, 0) is 34.8 Å². The van der Waals surface area contributed by atoms with Crippen molar-refractivity contribution in [3.8, 4) is 0 Å². The summed E-state index contributed by atoms with van der Waals surface area (Å²) in [6, 6.07) is 9.02. The molecule has 0 atom stereocenters. The van der Waals surface area contributed by atoms with E-state index < -0.39 is 0 Å². The summed E-state index contributed by atoms with van der Waals surface area (Å²) in [4.78, 5) is 0. The molecule has 1 aromatic carbocycles. The second kappa shape index (κ2) is 7.15. The van der Waals surface area contributed by atoms with Crippen LogP contribution >= 0.6 is 11.6 Å². The molecule has 0 aliphatic heterocycles. The molecule has 0 saturated heterocycles. The van der Waals surface area contributed by atoms with E-state index in [-0.39, 0.29) is 5.41 Å². The molecular weight excluding hydrogens is 278 g/mol. The predicted octanol–water partition coefficient (Wildman–Crippen LogP) is 5.26. The van der Waals surface area contributed by atoms with Gasteiger partial charge < -0.3 is 5.32 Å². The quantitative estimate of drug-likeness (QED) is 0.731. The van der Waals surface area contributed by atoms with Crippen LogP contribution in [-0.2, 0) is 12.0 Å². The Morgan fingerprint density at radius 1 is 1.05 bits per heavy atom. The predicted molar refractivity (Wildman–Crippen MR) is 93.1 cm³/mol. The van der Waals surface area contributed by atoms with Crippen molar-refractivity contribution in [3.05, 3.63) is 35.4 Å². The fourth-order valence-corrected chi connectivity index (χ4v) is 3.62. The first kappa shape index (κ1) is 16.8. The van der Waals surface area contributed by atoms with E-state index in [9.17, 15) is 0 Å². The number of rotatable bonds is 5. The molecule has 1 aromatic rings. The van der Waals surface area contributed by atoms with Gasteiger partial charge in [0.25, 0.3) is 0 Å². The van der Waals surface area contributed by atoms with E-state index in [1.165, 1.54) is 43.2 Å². The molecule has 1 fully saturated rings. The van der Waals surface area contributed by atoms with E-state index in [2.05, 4.69) is 50.4 Å². The van der Waals surface area contributed by atoms with Crippen molar-refractivity contribution in [2.75, 3.05) is 12.4 Å². The Kier molecular flexibility index (Phi) is 5.73. The van der Waals surface area contributed by atoms with Gasteiger partial charge in [-0.3, -0.25) is 0 Å². The van der Waals surface area contributed by atoms with Gasteiger partial charge in [-0.1, -0.05) is 64.3 Å². The van der Waals surface area contributed by atoms with Crippen molar-refractivity contribution in [1.29, 1.82) is 0 Å². The molecule has 2 rings (SSSR count). The minimum atomic E-state index is 0.233. The largest absolute Gasteiger partial charge is 0.312 e. The van der Waals surface area contributed by atoms with Gasteiger partial charge in [-0.25, -0.2) is 0 Å². The zero-order chi connectivity index (χ0) is 15.3. The molecule has 1 saturated carbocycles. The minimum Gasteiger partial charge on any atom is -0.312 e. The molecule has 0 amide bonds. The first-order valence-corrected chi connectivity index (χ1v) is 8.85. The molecule has 1 nitrogen and oxygen atoms in total. The van der Waals surface area contributed by atoms with Gasteiger partial charge >= 0.3 is 0 Å². The van der Waals surface area contributed by atoms with Gasteiger partial charge in [0.2, 0.25) is 0 Å². The molecule has 21 heavy (non-hydrogen) atoms. The number of alkyl halides is 1. The molecule has 118 valence electrons. The molecule has 0 aromatic heterocycles. The number of hydrogen-bond donors (Lipinski definition) is 1. The van der Waals surface area contributed by atoms with E-state index in [4.69, 9.17) is 11.6 Å². The van der Waals surface area contributed by atoms with Crippen molar-refractivity contribution >= 4 is 11.6 Å². The summed E-state index contributed by atoms with van der Waals surface area (Å²) >= 11 is 6.25. The van der Waals surface area contributed by atoms with Crippen LogP contribution in [0, 0.1) is 5.41 Å². The van der Waals surface area contributed by atoms with Gasteiger partial charge in [0.05, 0.1) is 0 Å². The zero-order valence-electron chi connectivity index (χ0n) is 13.8. The van der Waals surface area contributed by atoms with E-state index >= 15 is 0 Å². The van der Waals surface area contributed by atoms with Crippen LogP contribution in [0.2, 0.25) is 0 Å². The topological polar surface area (TPSA) is 12.0 Å². The van der Waals surface area contributed by atoms with Crippen molar-refractivity contribution in [2.45, 2.75) is 64.8 Å². The highest BCUT2D eigenvalue weighted by Gasteiger charge is 2.30. The van der Waals surface area contributed by atoms with E-state index in [1.807, 2.05) is 0 Å². The lowest BCUT2D eigenvalue weighted by Crippen LogP contribution is -2.37. The summed E-state index contributed by atoms with van der Waals surface area (Å²) in [6.07, 6.45) is 6.63. The summed E-state index contributed by atoms with van der Waals surface area (Å²) in [5, 5.41) is 3.64. The van der Waals surface area contributed by atoms with E-state index in [1.54, 1.807) is 0 Å². The summed E-state index contributed by atoms with van der Waals surface area (Å²) in [7, 11) is 0. The average Bonchev–Trinajstić information content (AvgIpc) is 2.48. The van der Waals surface area contributed by atoms with Crippen LogP contribution in [0.5, 0.6) is 0 Å². The zero-order valence-corrected chi connectivity index (χ0v) is 14.6. The lowest BCUT2D eigenvalue weighted by molar-refractivity contribution is 0.212. The van der Waals surface area contributed by atoms with Crippen LogP contribution in [0.25, 0.3) is 0 Å². The second-order valence-electron chi connectivity index (χ2n) is 7.74. The van der Waals surface area contributed by atoms with Gasteiger partial charge in [-0.2, -0.15) is 0 Å². The molecule has 0 radical (unpaired) electrons. The van der Waals surface area contributed by atoms with Crippen molar-refractivity contribution < 1.29 is 0 Å². The first-order chi connectivity index (χ1) is 9.95. The number of halogens is 1. The van der Waals surface area contributed by atoms with Crippen LogP contribution in [0.4, 0.5) is 0 Å². The molecule has 1 N–H and O–H groups in total. The molecule has 0 unspecified atom stereocenters. The normalized spacial score (nSPS) is 18.7. The summed E-state index contributed by atoms with van der Waals surface area (Å²) in [5.41, 5.74) is 3.33. The van der Waals surface area contributed by atoms with Gasteiger partial charge in [-0.15, -0.1) is 11.6 Å². The fraction of sp³-hybridized carbons (Fsp3) is 0.684. The molecule has 1 aliphatic rings. The maximum atomic E-state index is 6.25. The smallest absolute Gasteiger partial charge is 0.0292 e. The highest BCUT2D eigenvalue weighted by atomic mass is 35.5. The van der Waals surface area contributed by atoms with Crippen LogP contribution in [0.15, 0.2) is 24.3 Å². The van der Waals surface area contributed by atoms with Crippen LogP contribution in [-0.4, -0.2) is 12.4 Å². The molecule has 0 bridgehead atoms. The van der Waals surface area contributed by atoms with Gasteiger partial charge in [0, 0.05) is 19.0 Å².